The van der Waals surface area contributed by atoms with E-state index in [2.05, 4.69) is 21.0 Å². The second-order valence-electron chi connectivity index (χ2n) is 11.4. The van der Waals surface area contributed by atoms with Crippen molar-refractivity contribution in [2.75, 3.05) is 0 Å². The zero-order chi connectivity index (χ0) is 50.3. The van der Waals surface area contributed by atoms with E-state index in [4.69, 9.17) is 24.7 Å². The second-order valence-corrected chi connectivity index (χ2v) is 11.4. The maximum atomic E-state index is 11.2. The van der Waals surface area contributed by atoms with E-state index in [0.717, 1.165) is 0 Å². The molecule has 0 unspecified atom stereocenters. The van der Waals surface area contributed by atoms with Gasteiger partial charge < -0.3 is 9.13 Å². The van der Waals surface area contributed by atoms with E-state index in [-0.39, 0.29) is 114 Å². The Hall–Kier alpha value is -7.36. The SMILES string of the molecule is [2H]c1cc([2H])c2c3c([2H])cc([2H])cc3n(-c3cc(-n4c5cc([2H])cc([2H])c5c5c([2H])cc([2H])cc54)c(-c4nc(-c5c([2H])c([2H])c([2H])c([2H])c5[2H])nc(-c5c([2H])c([2H])c([2H])c([2H])c5[2H])n4)cc3C#N)c2c1. The van der Waals surface area contributed by atoms with Gasteiger partial charge in [-0.25, -0.2) is 15.0 Å². The maximum Gasteiger partial charge on any atom is 0.166 e. The van der Waals surface area contributed by atoms with Crippen molar-refractivity contribution >= 4 is 43.6 Å². The Labute approximate surface area is 324 Å². The molecule has 6 heteroatoms. The average molecular weight is 683 g/mol. The summed E-state index contributed by atoms with van der Waals surface area (Å²) in [7, 11) is 0. The summed E-state index contributed by atoms with van der Waals surface area (Å²) in [6.07, 6.45) is 0. The van der Waals surface area contributed by atoms with Gasteiger partial charge in [0.05, 0.1) is 63.7 Å². The Morgan fingerprint density at radius 1 is 0.462 bits per heavy atom. The monoisotopic (exact) mass is 682 g/mol. The third-order valence-corrected chi connectivity index (χ3v) is 8.61. The minimum atomic E-state index is -0.774. The second kappa shape index (κ2) is 11.9. The fourth-order valence-corrected chi connectivity index (χ4v) is 6.47. The molecule has 0 spiro atoms. The Bertz CT molecular complexity index is 3810. The van der Waals surface area contributed by atoms with Crippen molar-refractivity contribution in [1.82, 2.24) is 24.1 Å². The number of hydrogen-bond donors (Lipinski definition) is 0. The summed E-state index contributed by atoms with van der Waals surface area (Å²) in [5, 5.41) is 12.0. The van der Waals surface area contributed by atoms with Gasteiger partial charge in [-0.05, 0) is 36.4 Å². The molecule has 0 aliphatic rings. The summed E-state index contributed by atoms with van der Waals surface area (Å²) in [6.45, 7) is 0. The van der Waals surface area contributed by atoms with Crippen LogP contribution in [0.15, 0.2) is 169 Å². The van der Waals surface area contributed by atoms with E-state index < -0.39 is 89.0 Å². The molecule has 0 saturated carbocycles. The number of aromatic nitrogens is 5. The third kappa shape index (κ3) is 4.61. The Morgan fingerprint density at radius 2 is 0.865 bits per heavy atom. The van der Waals surface area contributed by atoms with Gasteiger partial charge in [0.2, 0.25) is 0 Å². The Morgan fingerprint density at radius 3 is 1.29 bits per heavy atom. The predicted octanol–water partition coefficient (Wildman–Crippen LogP) is 10.9. The first-order valence-electron chi connectivity index (χ1n) is 24.7. The molecule has 3 heterocycles. The number of nitriles is 1. The minimum absolute atomic E-state index is 0.0227. The van der Waals surface area contributed by atoms with Crippen LogP contribution in [-0.2, 0) is 0 Å². The number of fused-ring (bicyclic) bond motifs is 6. The fraction of sp³-hybridized carbons (Fsp3) is 0. The summed E-state index contributed by atoms with van der Waals surface area (Å²) in [5.74, 6) is -1.68. The molecule has 0 aliphatic heterocycles. The van der Waals surface area contributed by atoms with Crippen LogP contribution in [0.1, 0.15) is 30.2 Å². The largest absolute Gasteiger partial charge is 0.308 e. The number of para-hydroxylation sites is 4. The lowest BCUT2D eigenvalue weighted by molar-refractivity contribution is 1.06. The van der Waals surface area contributed by atoms with Crippen LogP contribution in [0.25, 0.3) is 89.2 Å². The molecule has 3 aromatic heterocycles. The van der Waals surface area contributed by atoms with Gasteiger partial charge in [-0.15, -0.1) is 0 Å². The van der Waals surface area contributed by atoms with Crippen LogP contribution < -0.4 is 0 Å². The Kier molecular flexibility index (Phi) is 3.79. The van der Waals surface area contributed by atoms with Crippen molar-refractivity contribution in [2.24, 2.45) is 0 Å². The maximum absolute atomic E-state index is 11.2. The van der Waals surface area contributed by atoms with Gasteiger partial charge in [0.25, 0.3) is 0 Å². The molecule has 10 aromatic rings. The molecule has 0 amide bonds. The lowest BCUT2D eigenvalue weighted by Gasteiger charge is -2.18. The molecular weight excluding hydrogens is 637 g/mol. The van der Waals surface area contributed by atoms with Crippen LogP contribution >= 0.6 is 0 Å². The van der Waals surface area contributed by atoms with Gasteiger partial charge in [-0.2, -0.15) is 5.26 Å². The van der Waals surface area contributed by atoms with E-state index in [1.54, 1.807) is 0 Å². The van der Waals surface area contributed by atoms with Gasteiger partial charge in [0, 0.05) is 38.2 Å². The first kappa shape index (κ1) is 16.6. The summed E-state index contributed by atoms with van der Waals surface area (Å²) >= 11 is 0. The highest BCUT2D eigenvalue weighted by molar-refractivity contribution is 6.11. The van der Waals surface area contributed by atoms with Crippen LogP contribution in [0, 0.1) is 11.3 Å². The quantitative estimate of drug-likeness (QED) is 0.181. The molecule has 242 valence electrons. The first-order chi connectivity index (χ1) is 33.1. The van der Waals surface area contributed by atoms with Gasteiger partial charge in [-0.1, -0.05) is 133 Å². The fourth-order valence-electron chi connectivity index (χ4n) is 6.47. The zero-order valence-corrected chi connectivity index (χ0v) is 26.5. The molecule has 0 fully saturated rings. The van der Waals surface area contributed by atoms with Crippen molar-refractivity contribution in [1.29, 1.82) is 5.26 Å². The molecule has 0 radical (unpaired) electrons. The molecule has 0 atom stereocenters. The zero-order valence-electron chi connectivity index (χ0n) is 44.5. The predicted molar refractivity (Wildman–Crippen MR) is 210 cm³/mol. The summed E-state index contributed by atoms with van der Waals surface area (Å²) < 4.78 is 160. The summed E-state index contributed by atoms with van der Waals surface area (Å²) in [5.41, 5.74) is -0.772. The molecule has 0 aliphatic carbocycles. The van der Waals surface area contributed by atoms with Gasteiger partial charge in [0.1, 0.15) is 6.07 Å². The van der Waals surface area contributed by atoms with Crippen LogP contribution in [0.5, 0.6) is 0 Å². The van der Waals surface area contributed by atoms with Crippen LogP contribution in [0.4, 0.5) is 0 Å². The van der Waals surface area contributed by atoms with Crippen LogP contribution in [0.3, 0.4) is 0 Å². The topological polar surface area (TPSA) is 72.3 Å². The van der Waals surface area contributed by atoms with Gasteiger partial charge in [0.15, 0.2) is 17.5 Å². The lowest BCUT2D eigenvalue weighted by atomic mass is 10.0. The molecular formula is C46H28N6. The molecule has 0 saturated heterocycles. The standard InChI is InChI=1S/C46H28N6/c47-29-32-27-37(46-49-44(30-15-3-1-4-16-30)48-45(50-46)31-17-5-2-6-18-31)43(52-40-25-13-9-21-35(40)36-22-10-14-26-41(36)52)28-42(32)51-38-23-11-7-19-33(38)34-20-8-12-24-39(34)51/h1-28H/i1D,2D,3D,4D,5D,6D,11D,12D,13D,14D,15D,16D,17D,18D,19D,20D,21D,22D. The number of rotatable bonds is 5. The minimum Gasteiger partial charge on any atom is -0.308 e. The van der Waals surface area contributed by atoms with Crippen molar-refractivity contribution < 1.29 is 24.7 Å². The molecule has 52 heavy (non-hydrogen) atoms. The van der Waals surface area contributed by atoms with Crippen molar-refractivity contribution in [3.05, 3.63) is 175 Å². The average Bonchev–Trinajstić information content (AvgIpc) is 3.81. The van der Waals surface area contributed by atoms with Crippen molar-refractivity contribution in [3.8, 4) is 51.6 Å². The van der Waals surface area contributed by atoms with E-state index in [1.807, 2.05) is 0 Å². The Balaban J connectivity index is 1.45. The normalized spacial score (nSPS) is 16.3. The van der Waals surface area contributed by atoms with Gasteiger partial charge in [-0.3, -0.25) is 0 Å². The first-order valence-corrected chi connectivity index (χ1v) is 15.7. The molecule has 0 bridgehead atoms. The molecule has 10 rings (SSSR count). The summed E-state index contributed by atoms with van der Waals surface area (Å²) in [6, 6.07) is 6.95. The van der Waals surface area contributed by atoms with E-state index >= 15 is 0 Å². The van der Waals surface area contributed by atoms with E-state index in [0.29, 0.717) is 0 Å². The van der Waals surface area contributed by atoms with Gasteiger partial charge >= 0.3 is 0 Å². The number of benzene rings is 7. The molecule has 7 aromatic carbocycles. The molecule has 0 N–H and O–H groups in total. The molecule has 6 nitrogen and oxygen atoms in total. The number of hydrogen-bond acceptors (Lipinski definition) is 4. The van der Waals surface area contributed by atoms with Crippen molar-refractivity contribution in [3.63, 3.8) is 0 Å². The van der Waals surface area contributed by atoms with Crippen LogP contribution in [-0.4, -0.2) is 24.1 Å². The number of nitrogens with zero attached hydrogens (tertiary/aromatic N) is 6. The smallest absolute Gasteiger partial charge is 0.166 e. The highest BCUT2D eigenvalue weighted by Gasteiger charge is 2.23. The highest BCUT2D eigenvalue weighted by atomic mass is 15.1. The van der Waals surface area contributed by atoms with Crippen molar-refractivity contribution in [2.45, 2.75) is 0 Å². The van der Waals surface area contributed by atoms with Crippen LogP contribution in [0.2, 0.25) is 0 Å². The summed E-state index contributed by atoms with van der Waals surface area (Å²) in [4.78, 5) is 13.7. The highest BCUT2D eigenvalue weighted by Crippen LogP contribution is 2.40. The third-order valence-electron chi connectivity index (χ3n) is 8.61. The van der Waals surface area contributed by atoms with E-state index in [1.165, 1.54) is 69.8 Å². The lowest BCUT2D eigenvalue weighted by Crippen LogP contribution is -2.07. The van der Waals surface area contributed by atoms with E-state index in [9.17, 15) is 5.26 Å².